The highest BCUT2D eigenvalue weighted by Gasteiger charge is 2.17. The number of hydrogen-bond donors (Lipinski definition) is 3. The second-order valence-electron chi connectivity index (χ2n) is 3.26. The molecule has 0 aliphatic heterocycles. The first kappa shape index (κ1) is 11.6. The molecule has 0 aliphatic carbocycles. The summed E-state index contributed by atoms with van der Waals surface area (Å²) in [5.74, 6) is -2.15. The van der Waals surface area contributed by atoms with Gasteiger partial charge >= 0.3 is 6.16 Å². The lowest BCUT2D eigenvalue weighted by Crippen LogP contribution is -2.06. The Balaban J connectivity index is 2.51. The molecule has 18 heavy (non-hydrogen) atoms. The van der Waals surface area contributed by atoms with Crippen molar-refractivity contribution in [2.24, 2.45) is 0 Å². The van der Waals surface area contributed by atoms with Crippen LogP contribution >= 0.6 is 0 Å². The molecule has 3 N–H and O–H groups in total. The summed E-state index contributed by atoms with van der Waals surface area (Å²) >= 11 is 0. The lowest BCUT2D eigenvalue weighted by Gasteiger charge is -2.06. The van der Waals surface area contributed by atoms with E-state index in [0.717, 1.165) is 0 Å². The lowest BCUT2D eigenvalue weighted by molar-refractivity contribution is 0.140. The number of ether oxygens (including phenoxy) is 1. The van der Waals surface area contributed by atoms with Gasteiger partial charge < -0.3 is 20.1 Å². The summed E-state index contributed by atoms with van der Waals surface area (Å²) in [4.78, 5) is 17.8. The minimum absolute atomic E-state index is 0.0437. The molecule has 0 unspecified atom stereocenters. The third-order valence-corrected chi connectivity index (χ3v) is 2.05. The average Bonchev–Trinajstić information content (AvgIpc) is 2.35. The number of benzene rings is 1. The van der Waals surface area contributed by atoms with Gasteiger partial charge in [0.15, 0.2) is 5.82 Å². The number of aromatic nitrogens is 2. The molecule has 92 valence electrons. The Kier molecular flexibility index (Phi) is 2.96. The molecule has 2 rings (SSSR count). The van der Waals surface area contributed by atoms with Crippen molar-refractivity contribution in [3.8, 4) is 28.9 Å². The first-order valence-corrected chi connectivity index (χ1v) is 4.84. The largest absolute Gasteiger partial charge is 0.512 e. The second-order valence-corrected chi connectivity index (χ2v) is 3.26. The van der Waals surface area contributed by atoms with Gasteiger partial charge in [-0.2, -0.15) is 9.97 Å². The van der Waals surface area contributed by atoms with Gasteiger partial charge in [0.2, 0.25) is 5.75 Å². The summed E-state index contributed by atoms with van der Waals surface area (Å²) in [5, 5.41) is 27.2. The number of rotatable bonds is 2. The molecule has 0 aliphatic rings. The Bertz CT molecular complexity index is 585. The highest BCUT2D eigenvalue weighted by Crippen LogP contribution is 2.33. The van der Waals surface area contributed by atoms with Crippen molar-refractivity contribution in [1.29, 1.82) is 0 Å². The Morgan fingerprint density at radius 2 is 1.78 bits per heavy atom. The maximum atomic E-state index is 10.4. The summed E-state index contributed by atoms with van der Waals surface area (Å²) in [6, 6.07) is 8.55. The van der Waals surface area contributed by atoms with E-state index in [1.165, 1.54) is 0 Å². The first-order valence-electron chi connectivity index (χ1n) is 4.84. The van der Waals surface area contributed by atoms with Crippen LogP contribution in [0.25, 0.3) is 11.4 Å². The van der Waals surface area contributed by atoms with Crippen molar-refractivity contribution in [3.63, 3.8) is 0 Å². The van der Waals surface area contributed by atoms with E-state index in [1.54, 1.807) is 30.3 Å². The highest BCUT2D eigenvalue weighted by atomic mass is 16.7. The molecule has 0 saturated heterocycles. The van der Waals surface area contributed by atoms with Gasteiger partial charge in [0.25, 0.3) is 11.8 Å². The topological polar surface area (TPSA) is 113 Å². The molecule has 2 aromatic rings. The predicted molar refractivity (Wildman–Crippen MR) is 59.5 cm³/mol. The van der Waals surface area contributed by atoms with Crippen LogP contribution in [0.15, 0.2) is 30.3 Å². The van der Waals surface area contributed by atoms with Crippen LogP contribution in [0.4, 0.5) is 4.79 Å². The van der Waals surface area contributed by atoms with Gasteiger partial charge in [-0.15, -0.1) is 0 Å². The molecule has 0 radical (unpaired) electrons. The van der Waals surface area contributed by atoms with Crippen LogP contribution in [0, 0.1) is 0 Å². The molecule has 0 spiro atoms. The summed E-state index contributed by atoms with van der Waals surface area (Å²) in [6.45, 7) is 0. The standard InChI is InChI=1S/C11H8N2O5/c14-7-9(15)12-8(6-4-2-1-3-5-6)13-10(7)18-11(16)17/h1-5,14H,(H,16,17)(H,12,13,15). The van der Waals surface area contributed by atoms with Crippen molar-refractivity contribution >= 4 is 6.16 Å². The molecule has 0 bridgehead atoms. The van der Waals surface area contributed by atoms with Crippen LogP contribution in [0.5, 0.6) is 17.5 Å². The normalized spacial score (nSPS) is 10.0. The summed E-state index contributed by atoms with van der Waals surface area (Å²) < 4.78 is 4.24. The monoisotopic (exact) mass is 248 g/mol. The van der Waals surface area contributed by atoms with Gasteiger partial charge in [-0.25, -0.2) is 4.79 Å². The van der Waals surface area contributed by atoms with Crippen molar-refractivity contribution in [3.05, 3.63) is 30.3 Å². The molecule has 0 atom stereocenters. The van der Waals surface area contributed by atoms with E-state index in [1.807, 2.05) is 0 Å². The van der Waals surface area contributed by atoms with Gasteiger partial charge in [0.05, 0.1) is 0 Å². The zero-order valence-corrected chi connectivity index (χ0v) is 8.94. The fourth-order valence-corrected chi connectivity index (χ4v) is 1.29. The summed E-state index contributed by atoms with van der Waals surface area (Å²) in [7, 11) is 0. The van der Waals surface area contributed by atoms with Gasteiger partial charge in [0.1, 0.15) is 0 Å². The van der Waals surface area contributed by atoms with E-state index in [4.69, 9.17) is 5.11 Å². The molecule has 7 nitrogen and oxygen atoms in total. The third-order valence-electron chi connectivity index (χ3n) is 2.05. The average molecular weight is 248 g/mol. The Morgan fingerprint density at radius 1 is 1.11 bits per heavy atom. The molecular weight excluding hydrogens is 240 g/mol. The van der Waals surface area contributed by atoms with Crippen molar-refractivity contribution in [1.82, 2.24) is 9.97 Å². The number of carboxylic acid groups (broad SMARTS) is 1. The van der Waals surface area contributed by atoms with Crippen LogP contribution in [-0.2, 0) is 0 Å². The zero-order chi connectivity index (χ0) is 13.1. The summed E-state index contributed by atoms with van der Waals surface area (Å²) in [5.41, 5.74) is 0.544. The molecule has 7 heteroatoms. The van der Waals surface area contributed by atoms with Crippen LogP contribution in [0.2, 0.25) is 0 Å². The predicted octanol–water partition coefficient (Wildman–Crippen LogP) is 1.61. The van der Waals surface area contributed by atoms with E-state index in [-0.39, 0.29) is 5.82 Å². The lowest BCUT2D eigenvalue weighted by atomic mass is 10.2. The quantitative estimate of drug-likeness (QED) is 0.692. The highest BCUT2D eigenvalue weighted by molar-refractivity contribution is 5.64. The molecule has 1 aromatic carbocycles. The third kappa shape index (κ3) is 2.29. The van der Waals surface area contributed by atoms with E-state index in [9.17, 15) is 15.0 Å². The Morgan fingerprint density at radius 3 is 2.39 bits per heavy atom. The van der Waals surface area contributed by atoms with Gasteiger partial charge in [-0.3, -0.25) is 0 Å². The maximum absolute atomic E-state index is 10.4. The van der Waals surface area contributed by atoms with E-state index >= 15 is 0 Å². The SMILES string of the molecule is O=C(O)Oc1nc(-c2ccccc2)nc(O)c1O. The fourth-order valence-electron chi connectivity index (χ4n) is 1.29. The molecule has 0 amide bonds. The zero-order valence-electron chi connectivity index (χ0n) is 8.94. The Hall–Kier alpha value is -2.83. The summed E-state index contributed by atoms with van der Waals surface area (Å²) in [6.07, 6.45) is -1.65. The number of carbonyl (C=O) groups is 1. The van der Waals surface area contributed by atoms with Gasteiger partial charge in [0, 0.05) is 5.56 Å². The smallest absolute Gasteiger partial charge is 0.499 e. The number of hydrogen-bond acceptors (Lipinski definition) is 6. The van der Waals surface area contributed by atoms with Gasteiger partial charge in [-0.05, 0) is 0 Å². The molecule has 0 fully saturated rings. The minimum atomic E-state index is -1.65. The van der Waals surface area contributed by atoms with Crippen LogP contribution in [0.1, 0.15) is 0 Å². The Labute approximate surface area is 101 Å². The van der Waals surface area contributed by atoms with E-state index < -0.39 is 23.7 Å². The molecule has 1 heterocycles. The molecular formula is C11H8N2O5. The maximum Gasteiger partial charge on any atom is 0.512 e. The molecule has 0 saturated carbocycles. The van der Waals surface area contributed by atoms with E-state index in [2.05, 4.69) is 14.7 Å². The first-order chi connectivity index (χ1) is 8.58. The second kappa shape index (κ2) is 4.58. The van der Waals surface area contributed by atoms with Crippen LogP contribution < -0.4 is 4.74 Å². The number of nitrogens with zero attached hydrogens (tertiary/aromatic N) is 2. The van der Waals surface area contributed by atoms with Crippen molar-refractivity contribution in [2.75, 3.05) is 0 Å². The fraction of sp³-hybridized carbons (Fsp3) is 0. The van der Waals surface area contributed by atoms with Crippen LogP contribution in [0.3, 0.4) is 0 Å². The molecule has 1 aromatic heterocycles. The van der Waals surface area contributed by atoms with Gasteiger partial charge in [-0.1, -0.05) is 30.3 Å². The van der Waals surface area contributed by atoms with Crippen molar-refractivity contribution in [2.45, 2.75) is 0 Å². The van der Waals surface area contributed by atoms with E-state index in [0.29, 0.717) is 5.56 Å². The van der Waals surface area contributed by atoms with Crippen LogP contribution in [-0.4, -0.2) is 31.4 Å². The minimum Gasteiger partial charge on any atom is -0.499 e. The van der Waals surface area contributed by atoms with Crippen molar-refractivity contribution < 1.29 is 24.9 Å². The number of aromatic hydroxyl groups is 2.